The number of fused-ring (bicyclic) bond motifs is 1. The summed E-state index contributed by atoms with van der Waals surface area (Å²) in [6.07, 6.45) is 2.04. The first kappa shape index (κ1) is 15.4. The van der Waals surface area contributed by atoms with Gasteiger partial charge in [-0.25, -0.2) is 0 Å². The van der Waals surface area contributed by atoms with Gasteiger partial charge in [0.05, 0.1) is 19.3 Å². The number of rotatable bonds is 7. The zero-order chi connectivity index (χ0) is 14.4. The molecule has 0 aromatic heterocycles. The van der Waals surface area contributed by atoms with Gasteiger partial charge in [-0.3, -0.25) is 0 Å². The second-order valence-electron chi connectivity index (χ2n) is 4.52. The van der Waals surface area contributed by atoms with Crippen molar-refractivity contribution in [2.24, 2.45) is 0 Å². The van der Waals surface area contributed by atoms with Gasteiger partial charge in [-0.05, 0) is 24.0 Å². The molecule has 1 unspecified atom stereocenters. The Balaban J connectivity index is 2.09. The lowest BCUT2D eigenvalue weighted by atomic mass is 10.1. The number of hydrogen-bond acceptors (Lipinski definition) is 6. The maximum atomic E-state index is 9.26. The van der Waals surface area contributed by atoms with Crippen LogP contribution in [0.1, 0.15) is 5.56 Å². The molecule has 0 saturated heterocycles. The topological polar surface area (TPSA) is 60.0 Å². The number of aliphatic hydroxyl groups is 1. The fourth-order valence-electron chi connectivity index (χ4n) is 2.07. The van der Waals surface area contributed by atoms with Crippen molar-refractivity contribution in [1.29, 1.82) is 0 Å². The lowest BCUT2D eigenvalue weighted by Crippen LogP contribution is -2.36. The summed E-state index contributed by atoms with van der Waals surface area (Å²) in [6, 6.07) is 3.96. The van der Waals surface area contributed by atoms with Crippen LogP contribution < -0.4 is 14.8 Å². The van der Waals surface area contributed by atoms with Gasteiger partial charge in [0, 0.05) is 18.6 Å². The standard InChI is InChI=1S/C14H21NO4S/c1-17-9-11(8-16)15-7-10-5-12-13(6-14(10)20-2)19-4-3-18-12/h5-6,11,15-16H,3-4,7-9H2,1-2H3. The molecule has 2 N–H and O–H groups in total. The fourth-order valence-corrected chi connectivity index (χ4v) is 2.69. The van der Waals surface area contributed by atoms with Gasteiger partial charge in [-0.1, -0.05) is 0 Å². The number of thioether (sulfide) groups is 1. The third-order valence-corrected chi connectivity index (χ3v) is 3.93. The second-order valence-corrected chi connectivity index (χ2v) is 5.37. The summed E-state index contributed by atoms with van der Waals surface area (Å²) in [7, 11) is 1.63. The molecule has 5 nitrogen and oxygen atoms in total. The summed E-state index contributed by atoms with van der Waals surface area (Å²) in [5.74, 6) is 1.60. The number of aliphatic hydroxyl groups excluding tert-OH is 1. The van der Waals surface area contributed by atoms with Crippen molar-refractivity contribution in [3.05, 3.63) is 17.7 Å². The van der Waals surface area contributed by atoms with Crippen LogP contribution >= 0.6 is 11.8 Å². The van der Waals surface area contributed by atoms with Crippen molar-refractivity contribution in [3.63, 3.8) is 0 Å². The van der Waals surface area contributed by atoms with E-state index in [1.54, 1.807) is 18.9 Å². The maximum Gasteiger partial charge on any atom is 0.162 e. The quantitative estimate of drug-likeness (QED) is 0.740. The van der Waals surface area contributed by atoms with Crippen LogP contribution in [0.5, 0.6) is 11.5 Å². The van der Waals surface area contributed by atoms with Crippen LogP contribution in [0.4, 0.5) is 0 Å². The van der Waals surface area contributed by atoms with Crippen LogP contribution in [0.25, 0.3) is 0 Å². The molecule has 1 heterocycles. The molecule has 2 rings (SSSR count). The molecule has 6 heteroatoms. The molecule has 1 aromatic rings. The molecular formula is C14H21NO4S. The van der Waals surface area contributed by atoms with Crippen molar-refractivity contribution in [1.82, 2.24) is 5.32 Å². The van der Waals surface area contributed by atoms with Gasteiger partial charge >= 0.3 is 0 Å². The van der Waals surface area contributed by atoms with Crippen molar-refractivity contribution in [3.8, 4) is 11.5 Å². The number of benzene rings is 1. The molecule has 0 saturated carbocycles. The highest BCUT2D eigenvalue weighted by atomic mass is 32.2. The molecule has 1 aliphatic rings. The van der Waals surface area contributed by atoms with Crippen molar-refractivity contribution < 1.29 is 19.3 Å². The highest BCUT2D eigenvalue weighted by molar-refractivity contribution is 7.98. The fraction of sp³-hybridized carbons (Fsp3) is 0.571. The third-order valence-electron chi connectivity index (χ3n) is 3.11. The van der Waals surface area contributed by atoms with Gasteiger partial charge < -0.3 is 24.6 Å². The molecule has 1 aliphatic heterocycles. The molecule has 0 radical (unpaired) electrons. The van der Waals surface area contributed by atoms with Gasteiger partial charge in [0.1, 0.15) is 13.2 Å². The summed E-state index contributed by atoms with van der Waals surface area (Å²) in [5, 5.41) is 12.5. The first-order chi connectivity index (χ1) is 9.78. The summed E-state index contributed by atoms with van der Waals surface area (Å²) in [5.41, 5.74) is 1.14. The molecular weight excluding hydrogens is 278 g/mol. The minimum atomic E-state index is -0.0668. The van der Waals surface area contributed by atoms with Crippen LogP contribution in [-0.2, 0) is 11.3 Å². The zero-order valence-electron chi connectivity index (χ0n) is 11.8. The van der Waals surface area contributed by atoms with Crippen molar-refractivity contribution >= 4 is 11.8 Å². The van der Waals surface area contributed by atoms with E-state index in [9.17, 15) is 5.11 Å². The van der Waals surface area contributed by atoms with E-state index >= 15 is 0 Å². The summed E-state index contributed by atoms with van der Waals surface area (Å²) in [6.45, 7) is 2.37. The van der Waals surface area contributed by atoms with Crippen LogP contribution in [-0.4, -0.2) is 50.9 Å². The monoisotopic (exact) mass is 299 g/mol. The van der Waals surface area contributed by atoms with E-state index in [4.69, 9.17) is 14.2 Å². The van der Waals surface area contributed by atoms with Gasteiger partial charge in [-0.2, -0.15) is 0 Å². The first-order valence-electron chi connectivity index (χ1n) is 6.58. The van der Waals surface area contributed by atoms with Gasteiger partial charge in [0.25, 0.3) is 0 Å². The normalized spacial score (nSPS) is 15.2. The molecule has 1 aromatic carbocycles. The van der Waals surface area contributed by atoms with Crippen LogP contribution in [0.2, 0.25) is 0 Å². The Bertz CT molecular complexity index is 441. The summed E-state index contributed by atoms with van der Waals surface area (Å²) in [4.78, 5) is 1.15. The van der Waals surface area contributed by atoms with Crippen LogP contribution in [0.3, 0.4) is 0 Å². The number of hydrogen-bond donors (Lipinski definition) is 2. The van der Waals surface area contributed by atoms with Crippen LogP contribution in [0.15, 0.2) is 17.0 Å². The average molecular weight is 299 g/mol. The van der Waals surface area contributed by atoms with E-state index in [-0.39, 0.29) is 12.6 Å². The predicted molar refractivity (Wildman–Crippen MR) is 78.8 cm³/mol. The zero-order valence-corrected chi connectivity index (χ0v) is 12.7. The second kappa shape index (κ2) is 7.73. The Hall–Kier alpha value is -0.950. The molecule has 0 spiro atoms. The minimum absolute atomic E-state index is 0.0486. The van der Waals surface area contributed by atoms with Crippen molar-refractivity contribution in [2.45, 2.75) is 17.5 Å². The van der Waals surface area contributed by atoms with E-state index < -0.39 is 0 Å². The first-order valence-corrected chi connectivity index (χ1v) is 7.80. The van der Waals surface area contributed by atoms with Gasteiger partial charge in [0.2, 0.25) is 0 Å². The molecule has 0 fully saturated rings. The number of ether oxygens (including phenoxy) is 3. The van der Waals surface area contributed by atoms with E-state index in [0.29, 0.717) is 26.4 Å². The highest BCUT2D eigenvalue weighted by Crippen LogP contribution is 2.36. The third kappa shape index (κ3) is 3.79. The Morgan fingerprint density at radius 2 is 2.05 bits per heavy atom. The largest absolute Gasteiger partial charge is 0.486 e. The molecule has 0 aliphatic carbocycles. The molecule has 112 valence electrons. The number of methoxy groups -OCH3 is 1. The number of nitrogens with one attached hydrogen (secondary N) is 1. The Morgan fingerprint density at radius 1 is 1.35 bits per heavy atom. The van der Waals surface area contributed by atoms with Gasteiger partial charge in [0.15, 0.2) is 11.5 Å². The summed E-state index contributed by atoms with van der Waals surface area (Å²) < 4.78 is 16.3. The Kier molecular flexibility index (Phi) is 5.97. The molecule has 0 bridgehead atoms. The van der Waals surface area contributed by atoms with E-state index in [1.807, 2.05) is 18.4 Å². The molecule has 20 heavy (non-hydrogen) atoms. The smallest absolute Gasteiger partial charge is 0.162 e. The lowest BCUT2D eigenvalue weighted by Gasteiger charge is -2.22. The van der Waals surface area contributed by atoms with Crippen molar-refractivity contribution in [2.75, 3.05) is 39.8 Å². The Labute approximate surface area is 123 Å². The Morgan fingerprint density at radius 3 is 2.65 bits per heavy atom. The minimum Gasteiger partial charge on any atom is -0.486 e. The maximum absolute atomic E-state index is 9.26. The highest BCUT2D eigenvalue weighted by Gasteiger charge is 2.16. The average Bonchev–Trinajstić information content (AvgIpc) is 2.50. The van der Waals surface area contributed by atoms with Gasteiger partial charge in [-0.15, -0.1) is 11.8 Å². The summed E-state index contributed by atoms with van der Waals surface area (Å²) >= 11 is 1.67. The van der Waals surface area contributed by atoms with E-state index in [0.717, 1.165) is 22.0 Å². The lowest BCUT2D eigenvalue weighted by molar-refractivity contribution is 0.128. The van der Waals surface area contributed by atoms with E-state index in [2.05, 4.69) is 5.32 Å². The van der Waals surface area contributed by atoms with Crippen LogP contribution in [0, 0.1) is 0 Å². The SMILES string of the molecule is COCC(CO)NCc1cc2c(cc1SC)OCCO2. The predicted octanol–water partition coefficient (Wildman–Crippen LogP) is 1.28. The molecule has 0 amide bonds. The molecule has 1 atom stereocenters. The van der Waals surface area contributed by atoms with E-state index in [1.165, 1.54) is 0 Å².